The lowest BCUT2D eigenvalue weighted by Crippen LogP contribution is -2.41. The predicted octanol–water partition coefficient (Wildman–Crippen LogP) is 0.661. The molecule has 7 heteroatoms. The summed E-state index contributed by atoms with van der Waals surface area (Å²) in [5, 5.41) is 0. The number of ether oxygens (including phenoxy) is 2. The Morgan fingerprint density at radius 3 is 2.09 bits per heavy atom. The fraction of sp³-hybridized carbons (Fsp3) is 0.625. The zero-order valence-corrected chi connectivity index (χ0v) is 14.4. The molecular weight excluding hydrogens is 295 g/mol. The van der Waals surface area contributed by atoms with E-state index in [0.29, 0.717) is 37.8 Å². The molecular formula is C16H27BN2O4. The molecule has 0 aromatic heterocycles. The van der Waals surface area contributed by atoms with Crippen LogP contribution in [0.25, 0.3) is 0 Å². The van der Waals surface area contributed by atoms with Crippen LogP contribution < -0.4 is 26.4 Å². The molecule has 0 bridgehead atoms. The lowest BCUT2D eigenvalue weighted by atomic mass is 9.78. The number of para-hydroxylation sites is 1. The van der Waals surface area contributed by atoms with Crippen molar-refractivity contribution >= 4 is 12.6 Å². The topological polar surface area (TPSA) is 89.0 Å². The highest BCUT2D eigenvalue weighted by molar-refractivity contribution is 6.63. The minimum absolute atomic E-state index is 0.384. The molecule has 0 spiro atoms. The van der Waals surface area contributed by atoms with Crippen molar-refractivity contribution in [3.05, 3.63) is 18.2 Å². The molecule has 0 atom stereocenters. The monoisotopic (exact) mass is 322 g/mol. The second-order valence-electron chi connectivity index (χ2n) is 6.54. The van der Waals surface area contributed by atoms with Gasteiger partial charge in [-0.3, -0.25) is 0 Å². The van der Waals surface area contributed by atoms with E-state index < -0.39 is 18.3 Å². The summed E-state index contributed by atoms with van der Waals surface area (Å²) in [5.41, 5.74) is 11.0. The largest absolute Gasteiger partial charge is 0.498 e. The lowest BCUT2D eigenvalue weighted by Gasteiger charge is -2.32. The average molecular weight is 322 g/mol. The van der Waals surface area contributed by atoms with Gasteiger partial charge >= 0.3 is 7.12 Å². The molecule has 2 rings (SSSR count). The van der Waals surface area contributed by atoms with E-state index in [1.165, 1.54) is 0 Å². The summed E-state index contributed by atoms with van der Waals surface area (Å²) in [4.78, 5) is 0. The van der Waals surface area contributed by atoms with E-state index >= 15 is 0 Å². The zero-order chi connectivity index (χ0) is 17.1. The minimum Gasteiger partial charge on any atom is -0.489 e. The Hall–Kier alpha value is -1.28. The Morgan fingerprint density at radius 2 is 1.52 bits per heavy atom. The van der Waals surface area contributed by atoms with Gasteiger partial charge in [-0.1, -0.05) is 12.1 Å². The van der Waals surface area contributed by atoms with E-state index in [9.17, 15) is 0 Å². The maximum Gasteiger partial charge on any atom is 0.498 e. The third-order valence-corrected chi connectivity index (χ3v) is 4.26. The lowest BCUT2D eigenvalue weighted by molar-refractivity contribution is 0.00578. The minimum atomic E-state index is -0.519. The Balaban J connectivity index is 2.34. The van der Waals surface area contributed by atoms with E-state index in [2.05, 4.69) is 0 Å². The SMILES string of the molecule is CC1(C)OB(c2cccc(OCCN)c2OCCN)OC1(C)C. The second kappa shape index (κ2) is 7.09. The third-order valence-electron chi connectivity index (χ3n) is 4.26. The highest BCUT2D eigenvalue weighted by Gasteiger charge is 2.52. The molecule has 0 aliphatic carbocycles. The summed E-state index contributed by atoms with van der Waals surface area (Å²) in [6, 6.07) is 5.65. The van der Waals surface area contributed by atoms with Crippen LogP contribution in [-0.2, 0) is 9.31 Å². The van der Waals surface area contributed by atoms with Crippen molar-refractivity contribution in [1.82, 2.24) is 0 Å². The molecule has 0 radical (unpaired) electrons. The van der Waals surface area contributed by atoms with Crippen LogP contribution in [0.1, 0.15) is 27.7 Å². The van der Waals surface area contributed by atoms with Gasteiger partial charge in [0.2, 0.25) is 0 Å². The van der Waals surface area contributed by atoms with Crippen molar-refractivity contribution in [2.45, 2.75) is 38.9 Å². The normalized spacial score (nSPS) is 19.0. The summed E-state index contributed by atoms with van der Waals surface area (Å²) in [7, 11) is -0.519. The van der Waals surface area contributed by atoms with Crippen molar-refractivity contribution in [3.63, 3.8) is 0 Å². The number of hydrogen-bond acceptors (Lipinski definition) is 6. The van der Waals surface area contributed by atoms with Gasteiger partial charge in [-0.15, -0.1) is 0 Å². The number of hydrogen-bond donors (Lipinski definition) is 2. The summed E-state index contributed by atoms with van der Waals surface area (Å²) in [5.74, 6) is 1.22. The number of nitrogens with two attached hydrogens (primary N) is 2. The van der Waals surface area contributed by atoms with Crippen LogP contribution in [0.2, 0.25) is 0 Å². The first-order valence-corrected chi connectivity index (χ1v) is 7.96. The summed E-state index contributed by atoms with van der Waals surface area (Å²) in [6.07, 6.45) is 0. The number of rotatable bonds is 7. The van der Waals surface area contributed by atoms with E-state index in [1.54, 1.807) is 0 Å². The van der Waals surface area contributed by atoms with Crippen LogP contribution in [-0.4, -0.2) is 44.6 Å². The molecule has 1 fully saturated rings. The average Bonchev–Trinajstić information content (AvgIpc) is 2.71. The summed E-state index contributed by atoms with van der Waals surface area (Å²) in [6.45, 7) is 9.70. The van der Waals surface area contributed by atoms with Gasteiger partial charge in [-0.2, -0.15) is 0 Å². The smallest absolute Gasteiger partial charge is 0.489 e. The van der Waals surface area contributed by atoms with E-state index in [4.69, 9.17) is 30.2 Å². The van der Waals surface area contributed by atoms with Crippen LogP contribution >= 0.6 is 0 Å². The van der Waals surface area contributed by atoms with Gasteiger partial charge in [-0.05, 0) is 33.8 Å². The van der Waals surface area contributed by atoms with Gasteiger partial charge in [0.15, 0.2) is 11.5 Å². The summed E-state index contributed by atoms with van der Waals surface area (Å²) >= 11 is 0. The molecule has 1 aliphatic rings. The molecule has 23 heavy (non-hydrogen) atoms. The molecule has 1 aromatic carbocycles. The molecule has 0 saturated carbocycles. The van der Waals surface area contributed by atoms with Crippen molar-refractivity contribution in [2.24, 2.45) is 11.5 Å². The molecule has 6 nitrogen and oxygen atoms in total. The van der Waals surface area contributed by atoms with Crippen LogP contribution in [0.4, 0.5) is 0 Å². The number of benzene rings is 1. The molecule has 0 amide bonds. The Bertz CT molecular complexity index is 521. The van der Waals surface area contributed by atoms with Gasteiger partial charge in [0.25, 0.3) is 0 Å². The van der Waals surface area contributed by atoms with Gasteiger partial charge < -0.3 is 30.2 Å². The van der Waals surface area contributed by atoms with Crippen molar-refractivity contribution in [3.8, 4) is 11.5 Å². The first kappa shape index (κ1) is 18.1. The maximum atomic E-state index is 6.12. The Labute approximate surface area is 138 Å². The Morgan fingerprint density at radius 1 is 0.957 bits per heavy atom. The first-order valence-electron chi connectivity index (χ1n) is 7.96. The predicted molar refractivity (Wildman–Crippen MR) is 91.3 cm³/mol. The molecule has 1 saturated heterocycles. The van der Waals surface area contributed by atoms with Crippen LogP contribution in [0.5, 0.6) is 11.5 Å². The molecule has 1 aliphatic heterocycles. The van der Waals surface area contributed by atoms with Gasteiger partial charge in [-0.25, -0.2) is 0 Å². The molecule has 128 valence electrons. The van der Waals surface area contributed by atoms with E-state index in [1.807, 2.05) is 45.9 Å². The fourth-order valence-electron chi connectivity index (χ4n) is 2.29. The van der Waals surface area contributed by atoms with Gasteiger partial charge in [0.1, 0.15) is 13.2 Å². The van der Waals surface area contributed by atoms with E-state index in [-0.39, 0.29) is 0 Å². The summed E-state index contributed by atoms with van der Waals surface area (Å²) < 4.78 is 23.7. The van der Waals surface area contributed by atoms with Crippen LogP contribution in [0, 0.1) is 0 Å². The Kier molecular flexibility index (Phi) is 5.57. The maximum absolute atomic E-state index is 6.12. The molecule has 4 N–H and O–H groups in total. The second-order valence-corrected chi connectivity index (χ2v) is 6.54. The van der Waals surface area contributed by atoms with Gasteiger partial charge in [0.05, 0.1) is 11.2 Å². The quantitative estimate of drug-likeness (QED) is 0.717. The van der Waals surface area contributed by atoms with Crippen molar-refractivity contribution in [2.75, 3.05) is 26.3 Å². The fourth-order valence-corrected chi connectivity index (χ4v) is 2.29. The first-order chi connectivity index (χ1) is 10.8. The van der Waals surface area contributed by atoms with Crippen molar-refractivity contribution in [1.29, 1.82) is 0 Å². The molecule has 1 aromatic rings. The molecule has 0 unspecified atom stereocenters. The highest BCUT2D eigenvalue weighted by atomic mass is 16.7. The van der Waals surface area contributed by atoms with Gasteiger partial charge in [0, 0.05) is 18.6 Å². The highest BCUT2D eigenvalue weighted by Crippen LogP contribution is 2.38. The van der Waals surface area contributed by atoms with Crippen molar-refractivity contribution < 1.29 is 18.8 Å². The van der Waals surface area contributed by atoms with Crippen LogP contribution in [0.3, 0.4) is 0 Å². The third kappa shape index (κ3) is 3.80. The molecule has 1 heterocycles. The van der Waals surface area contributed by atoms with E-state index in [0.717, 1.165) is 5.46 Å². The standard InChI is InChI=1S/C16H27BN2O4/c1-15(2)16(3,4)23-17(22-15)12-6-5-7-13(20-10-8-18)14(12)21-11-9-19/h5-7H,8-11,18-19H2,1-4H3. The zero-order valence-electron chi connectivity index (χ0n) is 14.4. The van der Waals surface area contributed by atoms with Crippen LogP contribution in [0.15, 0.2) is 18.2 Å².